The highest BCUT2D eigenvalue weighted by Gasteiger charge is 2.34. The zero-order valence-corrected chi connectivity index (χ0v) is 16.8. The number of nitrogens with one attached hydrogen (secondary N) is 1. The molecule has 0 unspecified atom stereocenters. The minimum atomic E-state index is -4.84. The number of alkyl halides is 3. The van der Waals surface area contributed by atoms with E-state index in [2.05, 4.69) is 9.82 Å². The predicted molar refractivity (Wildman–Crippen MR) is 105 cm³/mol. The fourth-order valence-corrected chi connectivity index (χ4v) is 3.90. The third-order valence-corrected chi connectivity index (χ3v) is 5.66. The molecule has 0 bridgehead atoms. The number of anilines is 2. The van der Waals surface area contributed by atoms with Crippen molar-refractivity contribution >= 4 is 38.8 Å². The normalized spacial score (nSPS) is 12.0. The van der Waals surface area contributed by atoms with Gasteiger partial charge in [-0.3, -0.25) is 14.2 Å². The van der Waals surface area contributed by atoms with Gasteiger partial charge in [-0.15, -0.1) is 0 Å². The molecule has 30 heavy (non-hydrogen) atoms. The number of carbonyl (C=O) groups excluding carboxylic acids is 1. The molecule has 0 saturated carbocycles. The Hall–Kier alpha value is -3.05. The molecule has 0 fully saturated rings. The summed E-state index contributed by atoms with van der Waals surface area (Å²) >= 11 is 5.94. The molecular weight excluding hydrogens is 445 g/mol. The lowest BCUT2D eigenvalue weighted by Crippen LogP contribution is -2.18. The second kappa shape index (κ2) is 7.65. The van der Waals surface area contributed by atoms with Crippen LogP contribution in [0, 0.1) is 0 Å². The van der Waals surface area contributed by atoms with Crippen LogP contribution in [0.25, 0.3) is 0 Å². The molecular formula is C18H14ClF3N4O3S. The molecule has 3 N–H and O–H groups in total. The van der Waals surface area contributed by atoms with E-state index in [0.717, 1.165) is 12.1 Å². The van der Waals surface area contributed by atoms with Gasteiger partial charge in [-0.1, -0.05) is 11.6 Å². The maximum absolute atomic E-state index is 13.1. The fourth-order valence-electron chi connectivity index (χ4n) is 2.62. The largest absolute Gasteiger partial charge is 0.418 e. The highest BCUT2D eigenvalue weighted by molar-refractivity contribution is 7.92. The van der Waals surface area contributed by atoms with Gasteiger partial charge in [0.1, 0.15) is 5.69 Å². The fraction of sp³-hybridized carbons (Fsp3) is 0.111. The van der Waals surface area contributed by atoms with Gasteiger partial charge in [0.05, 0.1) is 16.1 Å². The van der Waals surface area contributed by atoms with Gasteiger partial charge in [0, 0.05) is 29.5 Å². The maximum atomic E-state index is 13.1. The van der Waals surface area contributed by atoms with Gasteiger partial charge < -0.3 is 5.73 Å². The molecule has 7 nitrogen and oxygen atoms in total. The second-order valence-corrected chi connectivity index (χ2v) is 8.36. The van der Waals surface area contributed by atoms with E-state index in [9.17, 15) is 26.4 Å². The molecule has 2 aromatic carbocycles. The molecule has 0 saturated heterocycles. The van der Waals surface area contributed by atoms with E-state index in [-0.39, 0.29) is 22.0 Å². The van der Waals surface area contributed by atoms with Crippen LogP contribution < -0.4 is 10.5 Å². The van der Waals surface area contributed by atoms with Crippen LogP contribution >= 0.6 is 11.6 Å². The van der Waals surface area contributed by atoms with Crippen LogP contribution in [0.15, 0.2) is 53.6 Å². The van der Waals surface area contributed by atoms with Crippen molar-refractivity contribution in [2.24, 2.45) is 7.05 Å². The molecule has 0 amide bonds. The van der Waals surface area contributed by atoms with Crippen molar-refractivity contribution in [1.82, 2.24) is 9.78 Å². The van der Waals surface area contributed by atoms with Crippen molar-refractivity contribution < 1.29 is 26.4 Å². The van der Waals surface area contributed by atoms with Crippen molar-refractivity contribution in [3.63, 3.8) is 0 Å². The van der Waals surface area contributed by atoms with E-state index in [0.29, 0.717) is 6.07 Å². The molecule has 1 heterocycles. The van der Waals surface area contributed by atoms with Crippen LogP contribution in [-0.2, 0) is 23.2 Å². The Morgan fingerprint density at radius 1 is 1.17 bits per heavy atom. The Bertz CT molecular complexity index is 1240. The first-order chi connectivity index (χ1) is 13.9. The average molecular weight is 459 g/mol. The van der Waals surface area contributed by atoms with Crippen LogP contribution in [0.3, 0.4) is 0 Å². The lowest BCUT2D eigenvalue weighted by Gasteiger charge is -2.15. The molecule has 3 aromatic rings. The summed E-state index contributed by atoms with van der Waals surface area (Å²) in [5.74, 6) is -0.621. The van der Waals surface area contributed by atoms with E-state index < -0.39 is 38.1 Å². The summed E-state index contributed by atoms with van der Waals surface area (Å²) in [6.45, 7) is 0. The predicted octanol–water partition coefficient (Wildman–Crippen LogP) is 3.71. The summed E-state index contributed by atoms with van der Waals surface area (Å²) in [7, 11) is -2.89. The molecule has 12 heteroatoms. The Morgan fingerprint density at radius 2 is 1.87 bits per heavy atom. The number of nitrogens with two attached hydrogens (primary N) is 1. The number of nitrogens with zero attached hydrogens (tertiary/aromatic N) is 2. The number of hydrogen-bond donors (Lipinski definition) is 2. The Balaban J connectivity index is 2.03. The minimum absolute atomic E-state index is 0.0343. The Labute approximate surface area is 174 Å². The van der Waals surface area contributed by atoms with Crippen LogP contribution in [0.2, 0.25) is 5.02 Å². The van der Waals surface area contributed by atoms with Gasteiger partial charge in [0.2, 0.25) is 5.78 Å². The molecule has 0 aliphatic heterocycles. The van der Waals surface area contributed by atoms with E-state index >= 15 is 0 Å². The number of benzene rings is 2. The van der Waals surface area contributed by atoms with Crippen LogP contribution in [0.1, 0.15) is 21.6 Å². The summed E-state index contributed by atoms with van der Waals surface area (Å²) in [5, 5.41) is 4.13. The van der Waals surface area contributed by atoms with Crippen molar-refractivity contribution in [3.05, 3.63) is 70.5 Å². The van der Waals surface area contributed by atoms with Crippen LogP contribution in [0.5, 0.6) is 0 Å². The first-order valence-electron chi connectivity index (χ1n) is 8.22. The number of halogens is 4. The number of aromatic nitrogens is 2. The molecule has 1 aromatic heterocycles. The SMILES string of the molecule is Cn1ccc(C(=O)c2cc(Cl)ccc2NS(=O)(=O)c2ccc(N)c(C(F)(F)F)c2)n1. The number of nitrogen functional groups attached to an aromatic ring is 1. The van der Waals surface area contributed by atoms with Crippen molar-refractivity contribution in [2.75, 3.05) is 10.5 Å². The number of carbonyl (C=O) groups is 1. The topological polar surface area (TPSA) is 107 Å². The lowest BCUT2D eigenvalue weighted by molar-refractivity contribution is -0.137. The molecule has 3 rings (SSSR count). The third-order valence-electron chi connectivity index (χ3n) is 4.06. The number of hydrogen-bond acceptors (Lipinski definition) is 5. The molecule has 0 atom stereocenters. The molecule has 158 valence electrons. The van der Waals surface area contributed by atoms with Gasteiger partial charge >= 0.3 is 6.18 Å². The monoisotopic (exact) mass is 458 g/mol. The Kier molecular flexibility index (Phi) is 5.52. The number of rotatable bonds is 5. The maximum Gasteiger partial charge on any atom is 0.418 e. The first kappa shape index (κ1) is 21.7. The summed E-state index contributed by atoms with van der Waals surface area (Å²) in [4.78, 5) is 12.1. The number of sulfonamides is 1. The summed E-state index contributed by atoms with van der Waals surface area (Å²) < 4.78 is 68.2. The van der Waals surface area contributed by atoms with Crippen LogP contribution in [0.4, 0.5) is 24.5 Å². The lowest BCUT2D eigenvalue weighted by atomic mass is 10.1. The van der Waals surface area contributed by atoms with Gasteiger partial charge in [-0.25, -0.2) is 8.42 Å². The van der Waals surface area contributed by atoms with E-state index in [1.807, 2.05) is 0 Å². The molecule has 0 radical (unpaired) electrons. The zero-order valence-electron chi connectivity index (χ0n) is 15.2. The summed E-state index contributed by atoms with van der Waals surface area (Å²) in [6.07, 6.45) is -3.31. The van der Waals surface area contributed by atoms with E-state index in [4.69, 9.17) is 17.3 Å². The molecule has 0 spiro atoms. The average Bonchev–Trinajstić information content (AvgIpc) is 3.08. The highest BCUT2D eigenvalue weighted by atomic mass is 35.5. The molecule has 0 aliphatic rings. The quantitative estimate of drug-likeness (QED) is 0.447. The van der Waals surface area contributed by atoms with Gasteiger partial charge in [0.15, 0.2) is 0 Å². The smallest absolute Gasteiger partial charge is 0.398 e. The second-order valence-electron chi connectivity index (χ2n) is 6.25. The van der Waals surface area contributed by atoms with Gasteiger partial charge in [-0.05, 0) is 42.5 Å². The van der Waals surface area contributed by atoms with Gasteiger partial charge in [-0.2, -0.15) is 18.3 Å². The number of ketones is 1. The molecule has 0 aliphatic carbocycles. The summed E-state index contributed by atoms with van der Waals surface area (Å²) in [6, 6.07) is 7.44. The zero-order chi connectivity index (χ0) is 22.3. The third kappa shape index (κ3) is 4.41. The Morgan fingerprint density at radius 3 is 2.47 bits per heavy atom. The van der Waals surface area contributed by atoms with E-state index in [1.54, 1.807) is 7.05 Å². The van der Waals surface area contributed by atoms with Crippen molar-refractivity contribution in [3.8, 4) is 0 Å². The number of aryl methyl sites for hydroxylation is 1. The summed E-state index contributed by atoms with van der Waals surface area (Å²) in [5.41, 5.74) is 3.17. The van der Waals surface area contributed by atoms with Crippen molar-refractivity contribution in [2.45, 2.75) is 11.1 Å². The minimum Gasteiger partial charge on any atom is -0.398 e. The standard InChI is InChI=1S/C18H14ClF3N4O3S/c1-26-7-6-16(24-26)17(27)12-8-10(19)2-5-15(12)25-30(28,29)11-3-4-14(23)13(9-11)18(20,21)22/h2-9,25H,23H2,1H3. The van der Waals surface area contributed by atoms with Crippen molar-refractivity contribution in [1.29, 1.82) is 0 Å². The first-order valence-corrected chi connectivity index (χ1v) is 10.1. The van der Waals surface area contributed by atoms with Gasteiger partial charge in [0.25, 0.3) is 10.0 Å². The van der Waals surface area contributed by atoms with E-state index in [1.165, 1.54) is 35.1 Å². The van der Waals surface area contributed by atoms with Crippen LogP contribution in [-0.4, -0.2) is 24.0 Å². The highest BCUT2D eigenvalue weighted by Crippen LogP contribution is 2.35.